The van der Waals surface area contributed by atoms with E-state index in [9.17, 15) is 4.79 Å². The molecule has 2 aliphatic rings. The van der Waals surface area contributed by atoms with Crippen LogP contribution in [0.5, 0.6) is 5.75 Å². The summed E-state index contributed by atoms with van der Waals surface area (Å²) in [6.07, 6.45) is 6.44. The van der Waals surface area contributed by atoms with Gasteiger partial charge in [0, 0.05) is 31.7 Å². The number of likely N-dealkylation sites (tertiary alicyclic amines) is 2. The normalized spacial score (nSPS) is 18.3. The van der Waals surface area contributed by atoms with Crippen LogP contribution in [0.1, 0.15) is 43.0 Å². The van der Waals surface area contributed by atoms with E-state index in [1.165, 1.54) is 12.8 Å². The maximum Gasteiger partial charge on any atom is 0.260 e. The summed E-state index contributed by atoms with van der Waals surface area (Å²) in [7, 11) is 0. The van der Waals surface area contributed by atoms with E-state index in [1.54, 1.807) is 6.26 Å². The van der Waals surface area contributed by atoms with Gasteiger partial charge in [0.15, 0.2) is 6.61 Å². The summed E-state index contributed by atoms with van der Waals surface area (Å²) >= 11 is 0. The van der Waals surface area contributed by atoms with Crippen molar-refractivity contribution in [2.45, 2.75) is 38.3 Å². The van der Waals surface area contributed by atoms with Gasteiger partial charge in [-0.25, -0.2) is 0 Å². The van der Waals surface area contributed by atoms with Gasteiger partial charge in [-0.2, -0.15) is 0 Å². The lowest BCUT2D eigenvalue weighted by molar-refractivity contribution is -0.132. The predicted molar refractivity (Wildman–Crippen MR) is 112 cm³/mol. The van der Waals surface area contributed by atoms with Gasteiger partial charge in [-0.15, -0.1) is 0 Å². The van der Waals surface area contributed by atoms with Crippen LogP contribution in [0.15, 0.2) is 47.1 Å². The van der Waals surface area contributed by atoms with E-state index < -0.39 is 0 Å². The van der Waals surface area contributed by atoms with Crippen LogP contribution < -0.4 is 10.1 Å². The number of nitrogens with zero attached hydrogens (tertiary/aromatic N) is 2. The zero-order valence-corrected chi connectivity index (χ0v) is 17.0. The summed E-state index contributed by atoms with van der Waals surface area (Å²) < 4.78 is 11.6. The Kier molecular flexibility index (Phi) is 6.85. The minimum atomic E-state index is 0.0807. The Morgan fingerprint density at radius 1 is 1.03 bits per heavy atom. The quantitative estimate of drug-likeness (QED) is 0.704. The molecule has 1 aromatic carbocycles. The maximum atomic E-state index is 12.3. The van der Waals surface area contributed by atoms with E-state index in [0.717, 1.165) is 62.6 Å². The molecule has 1 amide bonds. The predicted octanol–water partition coefficient (Wildman–Crippen LogP) is 3.21. The highest BCUT2D eigenvalue weighted by Crippen LogP contribution is 2.25. The third kappa shape index (κ3) is 5.19. The Bertz CT molecular complexity index is 765. The Morgan fingerprint density at radius 3 is 2.55 bits per heavy atom. The Labute approximate surface area is 172 Å². The van der Waals surface area contributed by atoms with Crippen LogP contribution >= 0.6 is 0 Å². The fraction of sp³-hybridized carbons (Fsp3) is 0.522. The molecule has 1 unspecified atom stereocenters. The van der Waals surface area contributed by atoms with E-state index in [1.807, 2.05) is 29.2 Å². The van der Waals surface area contributed by atoms with Crippen LogP contribution in [0.2, 0.25) is 0 Å². The highest BCUT2D eigenvalue weighted by atomic mass is 16.5. The third-order valence-corrected chi connectivity index (χ3v) is 5.89. The summed E-state index contributed by atoms with van der Waals surface area (Å²) in [4.78, 5) is 16.7. The van der Waals surface area contributed by atoms with Crippen molar-refractivity contribution in [2.75, 3.05) is 39.3 Å². The number of benzene rings is 1. The molecular formula is C23H31N3O3. The minimum absolute atomic E-state index is 0.0807. The number of carbonyl (C=O) groups excluding carboxylic acids is 1. The molecule has 29 heavy (non-hydrogen) atoms. The largest absolute Gasteiger partial charge is 0.483 e. The highest BCUT2D eigenvalue weighted by molar-refractivity contribution is 5.78. The lowest BCUT2D eigenvalue weighted by atomic mass is 10.1. The average Bonchev–Trinajstić information content (AvgIpc) is 3.52. The number of ether oxygens (including phenoxy) is 1. The number of hydrogen-bond donors (Lipinski definition) is 1. The Hall–Kier alpha value is -2.31. The second kappa shape index (κ2) is 9.94. The molecule has 2 aliphatic heterocycles. The number of amides is 1. The molecule has 0 aliphatic carbocycles. The van der Waals surface area contributed by atoms with E-state index >= 15 is 0 Å². The number of furan rings is 1. The maximum absolute atomic E-state index is 12.3. The standard InChI is InChI=1S/C23H31N3O3/c27-23(26-13-5-6-14-26)18-29-21-9-2-1-8-19(21)16-24-17-20(22-10-7-15-28-22)25-11-3-4-12-25/h1-2,7-10,15,20,24H,3-6,11-14,16-18H2. The molecule has 6 heteroatoms. The first-order valence-corrected chi connectivity index (χ1v) is 10.8. The van der Waals surface area contributed by atoms with Crippen LogP contribution in [0.4, 0.5) is 0 Å². The summed E-state index contributed by atoms with van der Waals surface area (Å²) in [5.74, 6) is 1.88. The molecule has 1 N–H and O–H groups in total. The SMILES string of the molecule is O=C(COc1ccccc1CNCC(c1ccco1)N1CCCC1)N1CCCC1. The summed E-state index contributed by atoms with van der Waals surface area (Å²) in [5.41, 5.74) is 1.07. The monoisotopic (exact) mass is 397 g/mol. The fourth-order valence-electron chi connectivity index (χ4n) is 4.28. The van der Waals surface area contributed by atoms with Crippen molar-refractivity contribution in [3.63, 3.8) is 0 Å². The van der Waals surface area contributed by atoms with Crippen LogP contribution in [0.3, 0.4) is 0 Å². The second-order valence-corrected chi connectivity index (χ2v) is 7.89. The molecule has 4 rings (SSSR count). The summed E-state index contributed by atoms with van der Waals surface area (Å²) in [6, 6.07) is 12.2. The van der Waals surface area contributed by atoms with Gasteiger partial charge in [0.25, 0.3) is 5.91 Å². The second-order valence-electron chi connectivity index (χ2n) is 7.89. The lowest BCUT2D eigenvalue weighted by Gasteiger charge is -2.26. The molecule has 2 aromatic rings. The van der Waals surface area contributed by atoms with E-state index in [4.69, 9.17) is 9.15 Å². The van der Waals surface area contributed by atoms with Crippen molar-refractivity contribution in [3.05, 3.63) is 54.0 Å². The van der Waals surface area contributed by atoms with Gasteiger partial charge in [-0.05, 0) is 57.0 Å². The highest BCUT2D eigenvalue weighted by Gasteiger charge is 2.25. The molecule has 1 atom stereocenters. The van der Waals surface area contributed by atoms with Gasteiger partial charge in [0.2, 0.25) is 0 Å². The van der Waals surface area contributed by atoms with Gasteiger partial charge in [-0.3, -0.25) is 9.69 Å². The van der Waals surface area contributed by atoms with Crippen LogP contribution in [0, 0.1) is 0 Å². The van der Waals surface area contributed by atoms with Gasteiger partial charge < -0.3 is 19.4 Å². The number of hydrogen-bond acceptors (Lipinski definition) is 5. The topological polar surface area (TPSA) is 58.0 Å². The molecule has 0 radical (unpaired) electrons. The van der Waals surface area contributed by atoms with Crippen molar-refractivity contribution in [3.8, 4) is 5.75 Å². The fourth-order valence-corrected chi connectivity index (χ4v) is 4.28. The first kappa shape index (κ1) is 20.0. The molecule has 2 saturated heterocycles. The molecule has 0 spiro atoms. The molecule has 1 aromatic heterocycles. The molecular weight excluding hydrogens is 366 g/mol. The number of para-hydroxylation sites is 1. The third-order valence-electron chi connectivity index (χ3n) is 5.89. The molecule has 2 fully saturated rings. The van der Waals surface area contributed by atoms with Gasteiger partial charge in [0.1, 0.15) is 11.5 Å². The average molecular weight is 398 g/mol. The Balaban J connectivity index is 1.32. The van der Waals surface area contributed by atoms with Crippen LogP contribution in [0.25, 0.3) is 0 Å². The van der Waals surface area contributed by atoms with Crippen LogP contribution in [-0.2, 0) is 11.3 Å². The first-order valence-electron chi connectivity index (χ1n) is 10.8. The summed E-state index contributed by atoms with van der Waals surface area (Å²) in [5, 5.41) is 3.57. The Morgan fingerprint density at radius 2 is 1.79 bits per heavy atom. The van der Waals surface area contributed by atoms with E-state index in [0.29, 0.717) is 6.54 Å². The van der Waals surface area contributed by atoms with E-state index in [-0.39, 0.29) is 18.6 Å². The molecule has 6 nitrogen and oxygen atoms in total. The number of nitrogens with one attached hydrogen (secondary N) is 1. The van der Waals surface area contributed by atoms with Gasteiger partial charge in [0.05, 0.1) is 12.3 Å². The zero-order valence-electron chi connectivity index (χ0n) is 17.0. The van der Waals surface area contributed by atoms with Crippen molar-refractivity contribution < 1.29 is 13.9 Å². The lowest BCUT2D eigenvalue weighted by Crippen LogP contribution is -2.34. The van der Waals surface area contributed by atoms with E-state index in [2.05, 4.69) is 22.3 Å². The molecule has 156 valence electrons. The molecule has 3 heterocycles. The smallest absolute Gasteiger partial charge is 0.260 e. The summed E-state index contributed by atoms with van der Waals surface area (Å²) in [6.45, 7) is 5.57. The van der Waals surface area contributed by atoms with Crippen molar-refractivity contribution in [1.29, 1.82) is 0 Å². The van der Waals surface area contributed by atoms with Crippen molar-refractivity contribution in [2.24, 2.45) is 0 Å². The van der Waals surface area contributed by atoms with Gasteiger partial charge in [-0.1, -0.05) is 18.2 Å². The van der Waals surface area contributed by atoms with Gasteiger partial charge >= 0.3 is 0 Å². The van der Waals surface area contributed by atoms with Crippen molar-refractivity contribution in [1.82, 2.24) is 15.1 Å². The molecule has 0 saturated carbocycles. The minimum Gasteiger partial charge on any atom is -0.483 e. The van der Waals surface area contributed by atoms with Crippen LogP contribution in [-0.4, -0.2) is 55.0 Å². The number of carbonyl (C=O) groups is 1. The first-order chi connectivity index (χ1) is 14.3. The molecule has 0 bridgehead atoms. The number of rotatable bonds is 9. The zero-order chi connectivity index (χ0) is 19.9. The van der Waals surface area contributed by atoms with Crippen molar-refractivity contribution >= 4 is 5.91 Å².